The van der Waals surface area contributed by atoms with Crippen molar-refractivity contribution in [1.82, 2.24) is 0 Å². The fourth-order valence-electron chi connectivity index (χ4n) is 1.48. The minimum absolute atomic E-state index is 0.192. The molecule has 0 saturated heterocycles. The van der Waals surface area contributed by atoms with E-state index in [0.717, 1.165) is 5.56 Å². The van der Waals surface area contributed by atoms with Crippen LogP contribution in [0.25, 0.3) is 0 Å². The molecule has 0 heterocycles. The number of thioether (sulfide) groups is 1. The molecule has 2 aromatic rings. The third kappa shape index (κ3) is 2.68. The minimum atomic E-state index is -1.56. The average molecular weight is 287 g/mol. The Labute approximate surface area is 111 Å². The smallest absolute Gasteiger partial charge is 0.186 e. The summed E-state index contributed by atoms with van der Waals surface area (Å²) in [6.07, 6.45) is 0. The van der Waals surface area contributed by atoms with Gasteiger partial charge in [0.15, 0.2) is 23.3 Å². The maximum Gasteiger partial charge on any atom is 0.186 e. The Morgan fingerprint density at radius 1 is 0.842 bits per heavy atom. The van der Waals surface area contributed by atoms with Crippen LogP contribution in [0.5, 0.6) is 0 Å². The van der Waals surface area contributed by atoms with Crippen LogP contribution in [-0.2, 0) is 5.75 Å². The molecule has 1 nitrogen and oxygen atoms in total. The lowest BCUT2D eigenvalue weighted by atomic mass is 10.2. The SMILES string of the molecule is Nc1c(F)c(F)c(SCc2ccccc2)c(F)c1F. The number of benzene rings is 2. The number of rotatable bonds is 3. The summed E-state index contributed by atoms with van der Waals surface area (Å²) >= 11 is 0.678. The quantitative estimate of drug-likeness (QED) is 0.398. The molecule has 0 atom stereocenters. The zero-order valence-electron chi connectivity index (χ0n) is 9.59. The molecule has 0 aliphatic carbocycles. The molecule has 0 fully saturated rings. The highest BCUT2D eigenvalue weighted by atomic mass is 32.2. The van der Waals surface area contributed by atoms with E-state index in [4.69, 9.17) is 5.73 Å². The molecule has 0 aromatic heterocycles. The third-order valence-corrected chi connectivity index (χ3v) is 3.61. The Hall–Kier alpha value is -1.69. The molecule has 0 aliphatic rings. The average Bonchev–Trinajstić information content (AvgIpc) is 2.44. The predicted molar refractivity (Wildman–Crippen MR) is 66.7 cm³/mol. The van der Waals surface area contributed by atoms with E-state index < -0.39 is 33.9 Å². The summed E-state index contributed by atoms with van der Waals surface area (Å²) in [5.41, 5.74) is 4.56. The first-order valence-corrected chi connectivity index (χ1v) is 6.29. The van der Waals surface area contributed by atoms with Gasteiger partial charge in [0.1, 0.15) is 5.69 Å². The molecule has 0 radical (unpaired) electrons. The summed E-state index contributed by atoms with van der Waals surface area (Å²) in [6, 6.07) is 8.79. The van der Waals surface area contributed by atoms with E-state index in [0.29, 0.717) is 11.8 Å². The fraction of sp³-hybridized carbons (Fsp3) is 0.0769. The van der Waals surface area contributed by atoms with Gasteiger partial charge in [-0.3, -0.25) is 0 Å². The number of halogens is 4. The Balaban J connectivity index is 2.31. The van der Waals surface area contributed by atoms with Crippen molar-refractivity contribution in [2.75, 3.05) is 5.73 Å². The van der Waals surface area contributed by atoms with E-state index in [1.54, 1.807) is 30.3 Å². The Bertz CT molecular complexity index is 572. The van der Waals surface area contributed by atoms with Gasteiger partial charge in [0, 0.05) is 5.75 Å². The van der Waals surface area contributed by atoms with Crippen LogP contribution < -0.4 is 5.73 Å². The lowest BCUT2D eigenvalue weighted by Crippen LogP contribution is -2.05. The maximum atomic E-state index is 13.5. The normalized spacial score (nSPS) is 10.7. The molecular formula is C13H9F4NS. The zero-order chi connectivity index (χ0) is 14.0. The largest absolute Gasteiger partial charge is 0.394 e. The summed E-state index contributed by atoms with van der Waals surface area (Å²) in [5, 5.41) is 0. The van der Waals surface area contributed by atoms with Gasteiger partial charge in [-0.15, -0.1) is 11.8 Å². The fourth-order valence-corrected chi connectivity index (χ4v) is 2.42. The van der Waals surface area contributed by atoms with Gasteiger partial charge >= 0.3 is 0 Å². The van der Waals surface area contributed by atoms with Crippen LogP contribution in [0.2, 0.25) is 0 Å². The van der Waals surface area contributed by atoms with Crippen LogP contribution in [-0.4, -0.2) is 0 Å². The number of hydrogen-bond acceptors (Lipinski definition) is 2. The third-order valence-electron chi connectivity index (χ3n) is 2.48. The highest BCUT2D eigenvalue weighted by Gasteiger charge is 2.23. The first-order chi connectivity index (χ1) is 9.02. The van der Waals surface area contributed by atoms with Crippen molar-refractivity contribution in [3.63, 3.8) is 0 Å². The van der Waals surface area contributed by atoms with E-state index >= 15 is 0 Å². The zero-order valence-corrected chi connectivity index (χ0v) is 10.4. The van der Waals surface area contributed by atoms with Gasteiger partial charge < -0.3 is 5.73 Å². The van der Waals surface area contributed by atoms with Gasteiger partial charge in [-0.2, -0.15) is 0 Å². The second-order valence-corrected chi connectivity index (χ2v) is 4.76. The topological polar surface area (TPSA) is 26.0 Å². The molecule has 0 spiro atoms. The second kappa shape index (κ2) is 5.52. The van der Waals surface area contributed by atoms with Crippen molar-refractivity contribution < 1.29 is 17.6 Å². The van der Waals surface area contributed by atoms with Crippen LogP contribution in [0.15, 0.2) is 35.2 Å². The van der Waals surface area contributed by atoms with Crippen molar-refractivity contribution in [3.05, 3.63) is 59.2 Å². The van der Waals surface area contributed by atoms with E-state index in [1.807, 2.05) is 0 Å². The Kier molecular flexibility index (Phi) is 3.99. The summed E-state index contributed by atoms with van der Waals surface area (Å²) in [5.74, 6) is -5.85. The van der Waals surface area contributed by atoms with Crippen LogP contribution in [0, 0.1) is 23.3 Å². The van der Waals surface area contributed by atoms with Gasteiger partial charge in [0.05, 0.1) is 4.90 Å². The van der Waals surface area contributed by atoms with Gasteiger partial charge in [0.25, 0.3) is 0 Å². The van der Waals surface area contributed by atoms with Gasteiger partial charge in [0.2, 0.25) is 0 Å². The maximum absolute atomic E-state index is 13.5. The first kappa shape index (κ1) is 13.7. The van der Waals surface area contributed by atoms with Crippen molar-refractivity contribution >= 4 is 17.4 Å². The minimum Gasteiger partial charge on any atom is -0.394 e. The number of hydrogen-bond donors (Lipinski definition) is 1. The molecule has 0 aliphatic heterocycles. The Morgan fingerprint density at radius 3 is 1.89 bits per heavy atom. The summed E-state index contributed by atoms with van der Waals surface area (Å²) < 4.78 is 53.5. The standard InChI is InChI=1S/C13H9F4NS/c14-8-10(16)13(11(17)9(15)12(8)18)19-6-7-4-2-1-3-5-7/h1-5H,6,18H2. The van der Waals surface area contributed by atoms with E-state index in [1.165, 1.54) is 0 Å². The summed E-state index contributed by atoms with van der Waals surface area (Å²) in [6.45, 7) is 0. The lowest BCUT2D eigenvalue weighted by Gasteiger charge is -2.09. The number of anilines is 1. The van der Waals surface area contributed by atoms with Crippen molar-refractivity contribution in [1.29, 1.82) is 0 Å². The van der Waals surface area contributed by atoms with Crippen molar-refractivity contribution in [2.24, 2.45) is 0 Å². The lowest BCUT2D eigenvalue weighted by molar-refractivity contribution is 0.431. The monoisotopic (exact) mass is 287 g/mol. The molecular weight excluding hydrogens is 278 g/mol. The van der Waals surface area contributed by atoms with E-state index in [9.17, 15) is 17.6 Å². The van der Waals surface area contributed by atoms with Crippen LogP contribution in [0.3, 0.4) is 0 Å². The van der Waals surface area contributed by atoms with Crippen molar-refractivity contribution in [2.45, 2.75) is 10.6 Å². The van der Waals surface area contributed by atoms with E-state index in [2.05, 4.69) is 0 Å². The molecule has 2 rings (SSSR count). The number of nitrogen functional groups attached to an aromatic ring is 1. The van der Waals surface area contributed by atoms with Crippen molar-refractivity contribution in [3.8, 4) is 0 Å². The summed E-state index contributed by atoms with van der Waals surface area (Å²) in [4.78, 5) is -0.701. The molecule has 100 valence electrons. The van der Waals surface area contributed by atoms with Gasteiger partial charge in [-0.05, 0) is 5.56 Å². The predicted octanol–water partition coefficient (Wildman–Crippen LogP) is 4.12. The molecule has 0 amide bonds. The van der Waals surface area contributed by atoms with E-state index in [-0.39, 0.29) is 5.75 Å². The molecule has 6 heteroatoms. The van der Waals surface area contributed by atoms with Crippen LogP contribution >= 0.6 is 11.8 Å². The van der Waals surface area contributed by atoms with Crippen LogP contribution in [0.1, 0.15) is 5.56 Å². The highest BCUT2D eigenvalue weighted by molar-refractivity contribution is 7.98. The molecule has 0 saturated carbocycles. The second-order valence-electron chi connectivity index (χ2n) is 3.77. The molecule has 2 aromatic carbocycles. The molecule has 0 bridgehead atoms. The Morgan fingerprint density at radius 2 is 1.37 bits per heavy atom. The molecule has 0 unspecified atom stereocenters. The van der Waals surface area contributed by atoms with Gasteiger partial charge in [-0.1, -0.05) is 30.3 Å². The van der Waals surface area contributed by atoms with Gasteiger partial charge in [-0.25, -0.2) is 17.6 Å². The molecule has 2 N–H and O–H groups in total. The molecule has 19 heavy (non-hydrogen) atoms. The number of nitrogens with two attached hydrogens (primary N) is 1. The first-order valence-electron chi connectivity index (χ1n) is 5.30. The van der Waals surface area contributed by atoms with Crippen LogP contribution in [0.4, 0.5) is 23.2 Å². The highest BCUT2D eigenvalue weighted by Crippen LogP contribution is 2.34. The summed E-state index contributed by atoms with van der Waals surface area (Å²) in [7, 11) is 0.